The third kappa shape index (κ3) is 4.72. The van der Waals surface area contributed by atoms with Crippen LogP contribution in [-0.2, 0) is 16.0 Å². The summed E-state index contributed by atoms with van der Waals surface area (Å²) in [5.74, 6) is -0.974. The molecule has 0 spiro atoms. The lowest BCUT2D eigenvalue weighted by molar-refractivity contribution is -0.142. The van der Waals surface area contributed by atoms with Crippen LogP contribution in [0.2, 0.25) is 5.02 Å². The van der Waals surface area contributed by atoms with Gasteiger partial charge in [0.1, 0.15) is 6.04 Å². The Kier molecular flexibility index (Phi) is 5.59. The van der Waals surface area contributed by atoms with Crippen LogP contribution in [-0.4, -0.2) is 47.6 Å². The van der Waals surface area contributed by atoms with E-state index in [2.05, 4.69) is 5.32 Å². The summed E-state index contributed by atoms with van der Waals surface area (Å²) in [5.41, 5.74) is 1.10. The van der Waals surface area contributed by atoms with Gasteiger partial charge in [-0.2, -0.15) is 0 Å². The zero-order valence-corrected chi connectivity index (χ0v) is 12.5. The van der Waals surface area contributed by atoms with Crippen LogP contribution in [0, 0.1) is 0 Å². The molecule has 1 saturated heterocycles. The van der Waals surface area contributed by atoms with Gasteiger partial charge in [-0.05, 0) is 43.5 Å². The minimum atomic E-state index is -0.846. The molecule has 1 amide bonds. The van der Waals surface area contributed by atoms with E-state index in [4.69, 9.17) is 16.7 Å². The lowest BCUT2D eigenvalue weighted by atomic mass is 10.1. The zero-order valence-electron chi connectivity index (χ0n) is 11.7. The molecule has 1 unspecified atom stereocenters. The first-order valence-corrected chi connectivity index (χ1v) is 7.42. The summed E-state index contributed by atoms with van der Waals surface area (Å²) in [6.07, 6.45) is 2.17. The number of rotatable bonds is 6. The van der Waals surface area contributed by atoms with Gasteiger partial charge in [0.05, 0.1) is 6.54 Å². The van der Waals surface area contributed by atoms with Crippen LogP contribution in [0.15, 0.2) is 24.3 Å². The average molecular weight is 311 g/mol. The maximum Gasteiger partial charge on any atom is 0.320 e. The molecule has 1 aromatic carbocycles. The maximum absolute atomic E-state index is 11.8. The minimum Gasteiger partial charge on any atom is -0.480 e. The quantitative estimate of drug-likeness (QED) is 0.836. The highest BCUT2D eigenvalue weighted by atomic mass is 35.5. The van der Waals surface area contributed by atoms with Crippen molar-refractivity contribution in [1.82, 2.24) is 10.2 Å². The fourth-order valence-electron chi connectivity index (χ4n) is 2.53. The highest BCUT2D eigenvalue weighted by Gasteiger charge is 2.31. The molecule has 2 N–H and O–H groups in total. The Balaban J connectivity index is 1.72. The third-order valence-corrected chi connectivity index (χ3v) is 3.90. The summed E-state index contributed by atoms with van der Waals surface area (Å²) in [7, 11) is 0. The van der Waals surface area contributed by atoms with Crippen LogP contribution in [0.1, 0.15) is 18.4 Å². The highest BCUT2D eigenvalue weighted by Crippen LogP contribution is 2.16. The van der Waals surface area contributed by atoms with Gasteiger partial charge in [-0.25, -0.2) is 0 Å². The van der Waals surface area contributed by atoms with E-state index >= 15 is 0 Å². The van der Waals surface area contributed by atoms with Crippen LogP contribution in [0.5, 0.6) is 0 Å². The predicted octanol–water partition coefficient (Wildman–Crippen LogP) is 1.55. The first-order chi connectivity index (χ1) is 10.1. The Morgan fingerprint density at radius 1 is 1.33 bits per heavy atom. The second kappa shape index (κ2) is 7.43. The number of carboxylic acids is 1. The number of carbonyl (C=O) groups is 2. The second-order valence-corrected chi connectivity index (χ2v) is 5.63. The van der Waals surface area contributed by atoms with E-state index < -0.39 is 12.0 Å². The van der Waals surface area contributed by atoms with E-state index in [1.54, 1.807) is 4.90 Å². The summed E-state index contributed by atoms with van der Waals surface area (Å²) >= 11 is 5.81. The Morgan fingerprint density at radius 2 is 2.05 bits per heavy atom. The van der Waals surface area contributed by atoms with Crippen molar-refractivity contribution in [2.24, 2.45) is 0 Å². The number of carboxylic acid groups (broad SMARTS) is 1. The van der Waals surface area contributed by atoms with E-state index in [0.29, 0.717) is 24.5 Å². The third-order valence-electron chi connectivity index (χ3n) is 3.64. The van der Waals surface area contributed by atoms with Crippen molar-refractivity contribution in [2.75, 3.05) is 19.6 Å². The highest BCUT2D eigenvalue weighted by molar-refractivity contribution is 6.30. The number of nitrogens with zero attached hydrogens (tertiary/aromatic N) is 1. The van der Waals surface area contributed by atoms with Crippen molar-refractivity contribution >= 4 is 23.5 Å². The Hall–Kier alpha value is -1.59. The molecule has 1 atom stereocenters. The number of hydrogen-bond donors (Lipinski definition) is 2. The van der Waals surface area contributed by atoms with Crippen LogP contribution in [0.4, 0.5) is 0 Å². The Bertz CT molecular complexity index is 504. The number of amides is 1. The van der Waals surface area contributed by atoms with Crippen molar-refractivity contribution in [3.63, 3.8) is 0 Å². The summed E-state index contributed by atoms with van der Waals surface area (Å²) in [4.78, 5) is 24.6. The number of hydrogen-bond acceptors (Lipinski definition) is 3. The molecule has 0 saturated carbocycles. The van der Waals surface area contributed by atoms with Crippen LogP contribution >= 0.6 is 11.6 Å². The van der Waals surface area contributed by atoms with Gasteiger partial charge in [0.15, 0.2) is 0 Å². The van der Waals surface area contributed by atoms with Gasteiger partial charge < -0.3 is 10.4 Å². The maximum atomic E-state index is 11.8. The fraction of sp³-hybridized carbons (Fsp3) is 0.467. The van der Waals surface area contributed by atoms with Crippen LogP contribution in [0.3, 0.4) is 0 Å². The van der Waals surface area contributed by atoms with Crippen LogP contribution < -0.4 is 5.32 Å². The molecule has 0 radical (unpaired) electrons. The predicted molar refractivity (Wildman–Crippen MR) is 80.4 cm³/mol. The summed E-state index contributed by atoms with van der Waals surface area (Å²) < 4.78 is 0. The molecule has 114 valence electrons. The molecule has 21 heavy (non-hydrogen) atoms. The first kappa shape index (κ1) is 15.8. The molecule has 6 heteroatoms. The molecule has 1 aromatic rings. The van der Waals surface area contributed by atoms with E-state index in [1.807, 2.05) is 24.3 Å². The fourth-order valence-corrected chi connectivity index (χ4v) is 2.66. The number of aliphatic carboxylic acids is 1. The number of halogens is 1. The second-order valence-electron chi connectivity index (χ2n) is 5.19. The van der Waals surface area contributed by atoms with Crippen molar-refractivity contribution in [1.29, 1.82) is 0 Å². The number of benzene rings is 1. The molecule has 2 rings (SSSR count). The van der Waals surface area contributed by atoms with Gasteiger partial charge in [0.25, 0.3) is 0 Å². The number of nitrogens with one attached hydrogen (secondary N) is 1. The molecule has 5 nitrogen and oxygen atoms in total. The molecule has 0 aliphatic carbocycles. The summed E-state index contributed by atoms with van der Waals surface area (Å²) in [6, 6.07) is 6.97. The zero-order chi connectivity index (χ0) is 15.2. The summed E-state index contributed by atoms with van der Waals surface area (Å²) in [6.45, 7) is 1.35. The SMILES string of the molecule is O=C(CN1CCCC1C(=O)O)NCCc1ccc(Cl)cc1. The lowest BCUT2D eigenvalue weighted by Crippen LogP contribution is -2.43. The summed E-state index contributed by atoms with van der Waals surface area (Å²) in [5, 5.41) is 12.6. The molecule has 1 heterocycles. The average Bonchev–Trinajstić information content (AvgIpc) is 2.89. The largest absolute Gasteiger partial charge is 0.480 e. The van der Waals surface area contributed by atoms with E-state index in [-0.39, 0.29) is 12.5 Å². The van der Waals surface area contributed by atoms with Crippen molar-refractivity contribution < 1.29 is 14.7 Å². The van der Waals surface area contributed by atoms with Gasteiger partial charge in [0.2, 0.25) is 5.91 Å². The smallest absolute Gasteiger partial charge is 0.320 e. The topological polar surface area (TPSA) is 69.6 Å². The van der Waals surface area contributed by atoms with Gasteiger partial charge in [-0.15, -0.1) is 0 Å². The van der Waals surface area contributed by atoms with Crippen LogP contribution in [0.25, 0.3) is 0 Å². The minimum absolute atomic E-state index is 0.128. The van der Waals surface area contributed by atoms with Gasteiger partial charge in [0, 0.05) is 11.6 Å². The van der Waals surface area contributed by atoms with E-state index in [1.165, 1.54) is 0 Å². The van der Waals surface area contributed by atoms with Gasteiger partial charge >= 0.3 is 5.97 Å². The molecule has 1 aliphatic rings. The number of likely N-dealkylation sites (tertiary alicyclic amines) is 1. The van der Waals surface area contributed by atoms with Crippen molar-refractivity contribution in [3.8, 4) is 0 Å². The van der Waals surface area contributed by atoms with Gasteiger partial charge in [-0.3, -0.25) is 14.5 Å². The van der Waals surface area contributed by atoms with Crippen molar-refractivity contribution in [2.45, 2.75) is 25.3 Å². The molecule has 0 aromatic heterocycles. The number of carbonyl (C=O) groups excluding carboxylic acids is 1. The standard InChI is InChI=1S/C15H19ClN2O3/c16-12-5-3-11(4-6-12)7-8-17-14(19)10-18-9-1-2-13(18)15(20)21/h3-6,13H,1-2,7-10H2,(H,17,19)(H,20,21). The van der Waals surface area contributed by atoms with E-state index in [9.17, 15) is 9.59 Å². The molecule has 1 fully saturated rings. The molecular weight excluding hydrogens is 292 g/mol. The van der Waals surface area contributed by atoms with E-state index in [0.717, 1.165) is 18.4 Å². The molecular formula is C15H19ClN2O3. The van der Waals surface area contributed by atoms with Crippen molar-refractivity contribution in [3.05, 3.63) is 34.9 Å². The molecule has 0 bridgehead atoms. The molecule has 1 aliphatic heterocycles. The Labute approximate surface area is 128 Å². The first-order valence-electron chi connectivity index (χ1n) is 7.04. The lowest BCUT2D eigenvalue weighted by Gasteiger charge is -2.20. The normalized spacial score (nSPS) is 18.6. The Morgan fingerprint density at radius 3 is 2.71 bits per heavy atom. The monoisotopic (exact) mass is 310 g/mol. The van der Waals surface area contributed by atoms with Gasteiger partial charge in [-0.1, -0.05) is 23.7 Å².